The van der Waals surface area contributed by atoms with Gasteiger partial charge in [-0.25, -0.2) is 4.98 Å². The van der Waals surface area contributed by atoms with Crippen LogP contribution in [0.25, 0.3) is 21.9 Å². The molecule has 0 saturated carbocycles. The molecule has 0 aliphatic carbocycles. The number of unbranched alkanes of at least 4 members (excludes halogenated alkanes) is 1. The van der Waals surface area contributed by atoms with Crippen LogP contribution >= 0.6 is 11.6 Å². The minimum absolute atomic E-state index is 0.248. The zero-order valence-corrected chi connectivity index (χ0v) is 32.7. The van der Waals surface area contributed by atoms with Crippen molar-refractivity contribution in [3.8, 4) is 16.9 Å². The first-order valence-corrected chi connectivity index (χ1v) is 19.4. The number of pyridine rings is 1. The van der Waals surface area contributed by atoms with Gasteiger partial charge in [0.2, 0.25) is 11.8 Å². The van der Waals surface area contributed by atoms with Crippen molar-refractivity contribution in [2.45, 2.75) is 45.1 Å². The highest BCUT2D eigenvalue weighted by Crippen LogP contribution is 2.35. The van der Waals surface area contributed by atoms with Crippen molar-refractivity contribution in [3.63, 3.8) is 0 Å². The SMILES string of the molecule is CCCOCCOCCOCCOCCOc1ccc(-c2ccc(C(CC(=O)O)NC(=O)CNC(=O)CCCCNc3cc(Cl)ccn3)cc2)c2ccccc12. The lowest BCUT2D eigenvalue weighted by molar-refractivity contribution is -0.138. The number of hydrogen-bond acceptors (Lipinski definition) is 10. The molecule has 4 aromatic rings. The predicted molar refractivity (Wildman–Crippen MR) is 216 cm³/mol. The van der Waals surface area contributed by atoms with Crippen LogP contribution in [0.4, 0.5) is 5.82 Å². The maximum Gasteiger partial charge on any atom is 0.305 e. The van der Waals surface area contributed by atoms with E-state index in [0.717, 1.165) is 47.1 Å². The van der Waals surface area contributed by atoms with Crippen LogP contribution in [0.1, 0.15) is 50.6 Å². The highest BCUT2D eigenvalue weighted by Gasteiger charge is 2.19. The number of aliphatic carboxylic acids is 1. The Morgan fingerprint density at radius 1 is 0.768 bits per heavy atom. The van der Waals surface area contributed by atoms with Gasteiger partial charge in [-0.05, 0) is 59.5 Å². The van der Waals surface area contributed by atoms with Crippen molar-refractivity contribution in [1.82, 2.24) is 15.6 Å². The summed E-state index contributed by atoms with van der Waals surface area (Å²) in [5.41, 5.74) is 2.53. The molecule has 2 amide bonds. The molecule has 4 rings (SSSR count). The summed E-state index contributed by atoms with van der Waals surface area (Å²) < 4.78 is 28.1. The summed E-state index contributed by atoms with van der Waals surface area (Å²) >= 11 is 5.96. The van der Waals surface area contributed by atoms with Crippen LogP contribution in [0.2, 0.25) is 5.02 Å². The van der Waals surface area contributed by atoms with Crippen molar-refractivity contribution < 1.29 is 43.2 Å². The molecule has 14 heteroatoms. The molecule has 1 aromatic heterocycles. The first-order chi connectivity index (χ1) is 27.3. The van der Waals surface area contributed by atoms with Crippen LogP contribution in [0.3, 0.4) is 0 Å². The number of rotatable bonds is 28. The van der Waals surface area contributed by atoms with Gasteiger partial charge < -0.3 is 44.7 Å². The summed E-state index contributed by atoms with van der Waals surface area (Å²) in [6.07, 6.45) is 3.87. The van der Waals surface area contributed by atoms with Crippen LogP contribution in [-0.2, 0) is 33.3 Å². The maximum atomic E-state index is 12.8. The number of aromatic nitrogens is 1. The van der Waals surface area contributed by atoms with E-state index in [9.17, 15) is 19.5 Å². The van der Waals surface area contributed by atoms with Gasteiger partial charge in [0, 0.05) is 36.2 Å². The number of amides is 2. The zero-order valence-electron chi connectivity index (χ0n) is 31.9. The smallest absolute Gasteiger partial charge is 0.305 e. The number of carboxylic acids is 1. The Bertz CT molecular complexity index is 1790. The van der Waals surface area contributed by atoms with Crippen molar-refractivity contribution in [1.29, 1.82) is 0 Å². The van der Waals surface area contributed by atoms with Gasteiger partial charge in [-0.1, -0.05) is 73.1 Å². The molecule has 56 heavy (non-hydrogen) atoms. The zero-order chi connectivity index (χ0) is 39.8. The van der Waals surface area contributed by atoms with Crippen molar-refractivity contribution in [2.24, 2.45) is 0 Å². The molecule has 1 unspecified atom stereocenters. The van der Waals surface area contributed by atoms with Crippen molar-refractivity contribution >= 4 is 46.0 Å². The number of nitrogens with one attached hydrogen (secondary N) is 3. The fraction of sp³-hybridized carbons (Fsp3) is 0.429. The van der Waals surface area contributed by atoms with Gasteiger partial charge in [-0.15, -0.1) is 0 Å². The number of carbonyl (C=O) groups excluding carboxylic acids is 2. The van der Waals surface area contributed by atoms with Crippen LogP contribution in [-0.4, -0.2) is 100 Å². The van der Waals surface area contributed by atoms with Gasteiger partial charge in [0.15, 0.2) is 0 Å². The van der Waals surface area contributed by atoms with Gasteiger partial charge in [-0.3, -0.25) is 14.4 Å². The van der Waals surface area contributed by atoms with E-state index in [1.165, 1.54) is 0 Å². The van der Waals surface area contributed by atoms with E-state index in [1.807, 2.05) is 60.7 Å². The number of benzene rings is 3. The van der Waals surface area contributed by atoms with Gasteiger partial charge in [0.1, 0.15) is 18.2 Å². The summed E-state index contributed by atoms with van der Waals surface area (Å²) in [4.78, 5) is 41.0. The Morgan fingerprint density at radius 2 is 1.43 bits per heavy atom. The Balaban J connectivity index is 1.21. The van der Waals surface area contributed by atoms with Gasteiger partial charge >= 0.3 is 5.97 Å². The van der Waals surface area contributed by atoms with Crippen molar-refractivity contribution in [2.75, 3.05) is 77.9 Å². The Labute approximate surface area is 333 Å². The molecule has 0 radical (unpaired) electrons. The average Bonchev–Trinajstić information content (AvgIpc) is 3.19. The number of hydrogen-bond donors (Lipinski definition) is 4. The molecule has 1 atom stereocenters. The predicted octanol–water partition coefficient (Wildman–Crippen LogP) is 6.44. The number of carboxylic acid groups (broad SMARTS) is 1. The second kappa shape index (κ2) is 25.4. The van der Waals surface area contributed by atoms with Gasteiger partial charge in [0.25, 0.3) is 0 Å². The molecule has 0 aliphatic rings. The van der Waals surface area contributed by atoms with Gasteiger partial charge in [0.05, 0.1) is 65.3 Å². The number of halogens is 1. The van der Waals surface area contributed by atoms with Crippen LogP contribution < -0.4 is 20.7 Å². The molecular weight excluding hydrogens is 740 g/mol. The largest absolute Gasteiger partial charge is 0.491 e. The van der Waals surface area contributed by atoms with E-state index in [1.54, 1.807) is 18.3 Å². The lowest BCUT2D eigenvalue weighted by atomic mass is 9.95. The minimum Gasteiger partial charge on any atom is -0.491 e. The third-order valence-corrected chi connectivity index (χ3v) is 8.71. The molecule has 0 saturated heterocycles. The molecular formula is C42H53ClN4O9. The van der Waals surface area contributed by atoms with Crippen molar-refractivity contribution in [3.05, 3.63) is 89.6 Å². The first kappa shape index (κ1) is 43.9. The molecule has 0 aliphatic heterocycles. The summed E-state index contributed by atoms with van der Waals surface area (Å²) in [6, 6.07) is 21.9. The second-order valence-corrected chi connectivity index (χ2v) is 13.3. The average molecular weight is 793 g/mol. The normalized spacial score (nSPS) is 11.6. The number of nitrogens with zero attached hydrogens (tertiary/aromatic N) is 1. The number of anilines is 1. The summed E-state index contributed by atoms with van der Waals surface area (Å²) in [7, 11) is 0. The Morgan fingerprint density at radius 3 is 2.09 bits per heavy atom. The van der Waals surface area contributed by atoms with E-state index in [4.69, 9.17) is 35.3 Å². The highest BCUT2D eigenvalue weighted by atomic mass is 35.5. The number of fused-ring (bicyclic) bond motifs is 1. The molecule has 4 N–H and O–H groups in total. The standard InChI is InChI=1S/C42H53ClN4O9/c1-2-19-52-20-21-53-22-23-54-24-25-55-26-27-56-38-15-14-34(35-7-3-4-8-36(35)38)31-10-12-32(13-11-31)37(29-42(50)51)47-41(49)30-46-40(48)9-5-6-17-44-39-28-33(43)16-18-45-39/h3-4,7-8,10-16,18,28,37H,2,5-6,9,17,19-27,29-30H2,1H3,(H,44,45)(H,46,48)(H,47,49)(H,50,51). The lowest BCUT2D eigenvalue weighted by Crippen LogP contribution is -2.39. The highest BCUT2D eigenvalue weighted by molar-refractivity contribution is 6.30. The lowest BCUT2D eigenvalue weighted by Gasteiger charge is -2.19. The van der Waals surface area contributed by atoms with Crippen LogP contribution in [0, 0.1) is 0 Å². The second-order valence-electron chi connectivity index (χ2n) is 12.8. The quantitative estimate of drug-likeness (QED) is 0.0468. The molecule has 0 bridgehead atoms. The van der Waals surface area contributed by atoms with E-state index in [0.29, 0.717) is 82.2 Å². The number of ether oxygens (including phenoxy) is 5. The van der Waals surface area contributed by atoms with Gasteiger partial charge in [-0.2, -0.15) is 0 Å². The maximum absolute atomic E-state index is 12.8. The first-order valence-electron chi connectivity index (χ1n) is 19.0. The Hall–Kier alpha value is -4.79. The van der Waals surface area contributed by atoms with Crippen LogP contribution in [0.15, 0.2) is 79.0 Å². The fourth-order valence-electron chi connectivity index (χ4n) is 5.73. The molecule has 1 heterocycles. The topological polar surface area (TPSA) is 167 Å². The summed E-state index contributed by atoms with van der Waals surface area (Å²) in [5, 5.41) is 20.6. The summed E-state index contributed by atoms with van der Waals surface area (Å²) in [5.74, 6) is -0.403. The van der Waals surface area contributed by atoms with E-state index in [2.05, 4.69) is 27.9 Å². The molecule has 3 aromatic carbocycles. The van der Waals surface area contributed by atoms with E-state index in [-0.39, 0.29) is 25.3 Å². The number of carbonyl (C=O) groups is 3. The molecule has 13 nitrogen and oxygen atoms in total. The van der Waals surface area contributed by atoms with E-state index < -0.39 is 17.9 Å². The van der Waals surface area contributed by atoms with E-state index >= 15 is 0 Å². The van der Waals surface area contributed by atoms with Crippen LogP contribution in [0.5, 0.6) is 5.75 Å². The third-order valence-electron chi connectivity index (χ3n) is 8.48. The molecule has 0 spiro atoms. The fourth-order valence-corrected chi connectivity index (χ4v) is 5.89. The minimum atomic E-state index is -1.06. The molecule has 0 fully saturated rings. The third kappa shape index (κ3) is 16.1. The summed E-state index contributed by atoms with van der Waals surface area (Å²) in [6.45, 7) is 7.07. The molecule has 302 valence electrons. The monoisotopic (exact) mass is 792 g/mol. The Kier molecular flexibility index (Phi) is 19.9.